The highest BCUT2D eigenvalue weighted by molar-refractivity contribution is 5.47. The SMILES string of the molecule is CC(C)Cc1ccc(CNCc2cccnc2N2CCCN(C)CC2)cc1. The molecule has 4 heteroatoms. The first-order valence-electron chi connectivity index (χ1n) is 10.3. The number of anilines is 1. The van der Waals surface area contributed by atoms with Crippen molar-refractivity contribution in [2.24, 2.45) is 5.92 Å². The van der Waals surface area contributed by atoms with E-state index in [-0.39, 0.29) is 0 Å². The third-order valence-corrected chi connectivity index (χ3v) is 5.20. The van der Waals surface area contributed by atoms with Crippen molar-refractivity contribution in [1.29, 1.82) is 0 Å². The van der Waals surface area contributed by atoms with Crippen LogP contribution in [0.25, 0.3) is 0 Å². The maximum absolute atomic E-state index is 4.70. The molecule has 0 amide bonds. The number of hydrogen-bond donors (Lipinski definition) is 1. The summed E-state index contributed by atoms with van der Waals surface area (Å²) in [6.07, 6.45) is 4.27. The molecule has 2 aromatic rings. The number of nitrogens with zero attached hydrogens (tertiary/aromatic N) is 3. The Bertz CT molecular complexity index is 696. The molecule has 0 unspecified atom stereocenters. The number of aromatic nitrogens is 1. The molecular weight excluding hydrogens is 332 g/mol. The van der Waals surface area contributed by atoms with Crippen LogP contribution in [0.15, 0.2) is 42.6 Å². The Hall–Kier alpha value is -1.91. The monoisotopic (exact) mass is 366 g/mol. The molecule has 0 aliphatic carbocycles. The summed E-state index contributed by atoms with van der Waals surface area (Å²) in [6, 6.07) is 13.3. The quantitative estimate of drug-likeness (QED) is 0.809. The van der Waals surface area contributed by atoms with Gasteiger partial charge in [-0.2, -0.15) is 0 Å². The number of pyridine rings is 1. The lowest BCUT2D eigenvalue weighted by molar-refractivity contribution is 0.360. The Morgan fingerprint density at radius 2 is 1.74 bits per heavy atom. The van der Waals surface area contributed by atoms with Gasteiger partial charge in [-0.1, -0.05) is 44.2 Å². The molecule has 1 aromatic carbocycles. The van der Waals surface area contributed by atoms with E-state index in [9.17, 15) is 0 Å². The van der Waals surface area contributed by atoms with Crippen LogP contribution in [0.4, 0.5) is 5.82 Å². The topological polar surface area (TPSA) is 31.4 Å². The third kappa shape index (κ3) is 6.05. The van der Waals surface area contributed by atoms with Gasteiger partial charge in [-0.05, 0) is 49.5 Å². The molecule has 2 heterocycles. The van der Waals surface area contributed by atoms with E-state index in [0.29, 0.717) is 5.92 Å². The fraction of sp³-hybridized carbons (Fsp3) is 0.522. The smallest absolute Gasteiger partial charge is 0.133 e. The molecule has 0 bridgehead atoms. The van der Waals surface area contributed by atoms with E-state index >= 15 is 0 Å². The van der Waals surface area contributed by atoms with Gasteiger partial charge in [0.2, 0.25) is 0 Å². The van der Waals surface area contributed by atoms with Gasteiger partial charge in [-0.3, -0.25) is 0 Å². The number of rotatable bonds is 7. The Kier molecular flexibility index (Phi) is 7.25. The van der Waals surface area contributed by atoms with Gasteiger partial charge in [-0.25, -0.2) is 4.98 Å². The van der Waals surface area contributed by atoms with Crippen molar-refractivity contribution < 1.29 is 0 Å². The summed E-state index contributed by atoms with van der Waals surface area (Å²) < 4.78 is 0. The molecule has 0 atom stereocenters. The van der Waals surface area contributed by atoms with Gasteiger partial charge in [0.25, 0.3) is 0 Å². The molecule has 1 fully saturated rings. The molecule has 3 rings (SSSR count). The number of likely N-dealkylation sites (N-methyl/N-ethyl adjacent to an activating group) is 1. The van der Waals surface area contributed by atoms with Gasteiger partial charge < -0.3 is 15.1 Å². The van der Waals surface area contributed by atoms with Crippen LogP contribution < -0.4 is 10.2 Å². The summed E-state index contributed by atoms with van der Waals surface area (Å²) in [5.74, 6) is 1.85. The van der Waals surface area contributed by atoms with Crippen molar-refractivity contribution >= 4 is 5.82 Å². The normalized spacial score (nSPS) is 15.9. The largest absolute Gasteiger partial charge is 0.355 e. The van der Waals surface area contributed by atoms with Gasteiger partial charge >= 0.3 is 0 Å². The lowest BCUT2D eigenvalue weighted by Gasteiger charge is -2.24. The summed E-state index contributed by atoms with van der Waals surface area (Å²) in [6.45, 7) is 10.7. The van der Waals surface area contributed by atoms with Crippen LogP contribution in [0.1, 0.15) is 37.0 Å². The van der Waals surface area contributed by atoms with Gasteiger partial charge in [0.15, 0.2) is 0 Å². The van der Waals surface area contributed by atoms with Gasteiger partial charge in [-0.15, -0.1) is 0 Å². The van der Waals surface area contributed by atoms with Crippen molar-refractivity contribution in [2.75, 3.05) is 38.1 Å². The molecule has 146 valence electrons. The van der Waals surface area contributed by atoms with Gasteiger partial charge in [0, 0.05) is 44.5 Å². The first-order valence-corrected chi connectivity index (χ1v) is 10.3. The average Bonchev–Trinajstić information content (AvgIpc) is 2.88. The van der Waals surface area contributed by atoms with E-state index in [2.05, 4.69) is 66.3 Å². The maximum Gasteiger partial charge on any atom is 0.133 e. The predicted octanol–water partition coefficient (Wildman–Crippen LogP) is 3.71. The van der Waals surface area contributed by atoms with Crippen LogP contribution in [-0.2, 0) is 19.5 Å². The van der Waals surface area contributed by atoms with Crippen molar-refractivity contribution in [2.45, 2.75) is 39.8 Å². The van der Waals surface area contributed by atoms with Crippen molar-refractivity contribution in [3.8, 4) is 0 Å². The molecule has 1 aliphatic heterocycles. The lowest BCUT2D eigenvalue weighted by atomic mass is 10.0. The highest BCUT2D eigenvalue weighted by atomic mass is 15.2. The second kappa shape index (κ2) is 9.86. The zero-order valence-corrected chi connectivity index (χ0v) is 17.1. The molecule has 0 saturated carbocycles. The third-order valence-electron chi connectivity index (χ3n) is 5.20. The fourth-order valence-corrected chi connectivity index (χ4v) is 3.72. The summed E-state index contributed by atoms with van der Waals surface area (Å²) in [5, 5.41) is 3.61. The molecule has 1 N–H and O–H groups in total. The van der Waals surface area contributed by atoms with Gasteiger partial charge in [0.1, 0.15) is 5.82 Å². The zero-order chi connectivity index (χ0) is 19.1. The Balaban J connectivity index is 1.57. The minimum Gasteiger partial charge on any atom is -0.355 e. The maximum atomic E-state index is 4.70. The number of nitrogens with one attached hydrogen (secondary N) is 1. The summed E-state index contributed by atoms with van der Waals surface area (Å²) in [5.41, 5.74) is 4.05. The predicted molar refractivity (Wildman–Crippen MR) is 114 cm³/mol. The zero-order valence-electron chi connectivity index (χ0n) is 17.1. The van der Waals surface area contributed by atoms with E-state index in [1.54, 1.807) is 0 Å². The van der Waals surface area contributed by atoms with E-state index in [1.165, 1.54) is 29.7 Å². The summed E-state index contributed by atoms with van der Waals surface area (Å²) >= 11 is 0. The summed E-state index contributed by atoms with van der Waals surface area (Å²) in [7, 11) is 2.21. The van der Waals surface area contributed by atoms with Crippen molar-refractivity contribution in [3.63, 3.8) is 0 Å². The minimum absolute atomic E-state index is 0.705. The highest BCUT2D eigenvalue weighted by Crippen LogP contribution is 2.19. The molecule has 1 aliphatic rings. The van der Waals surface area contributed by atoms with Crippen LogP contribution in [0, 0.1) is 5.92 Å². The lowest BCUT2D eigenvalue weighted by Crippen LogP contribution is -2.30. The molecule has 0 radical (unpaired) electrons. The minimum atomic E-state index is 0.705. The van der Waals surface area contributed by atoms with Crippen LogP contribution >= 0.6 is 0 Å². The standard InChI is InChI=1S/C23H34N4/c1-19(2)16-20-7-9-21(10-8-20)17-24-18-22-6-4-11-25-23(22)27-13-5-12-26(3)14-15-27/h4,6-11,19,24H,5,12-18H2,1-3H3. The second-order valence-corrected chi connectivity index (χ2v) is 8.15. The summed E-state index contributed by atoms with van der Waals surface area (Å²) in [4.78, 5) is 9.55. The second-order valence-electron chi connectivity index (χ2n) is 8.15. The van der Waals surface area contributed by atoms with E-state index < -0.39 is 0 Å². The molecule has 1 aromatic heterocycles. The molecule has 4 nitrogen and oxygen atoms in total. The van der Waals surface area contributed by atoms with Crippen molar-refractivity contribution in [1.82, 2.24) is 15.2 Å². The van der Waals surface area contributed by atoms with E-state index in [1.807, 2.05) is 12.3 Å². The van der Waals surface area contributed by atoms with Crippen LogP contribution in [0.5, 0.6) is 0 Å². The Morgan fingerprint density at radius 3 is 2.52 bits per heavy atom. The molecular formula is C23H34N4. The number of benzene rings is 1. The fourth-order valence-electron chi connectivity index (χ4n) is 3.72. The highest BCUT2D eigenvalue weighted by Gasteiger charge is 2.16. The molecule has 27 heavy (non-hydrogen) atoms. The van der Waals surface area contributed by atoms with Crippen LogP contribution in [0.3, 0.4) is 0 Å². The van der Waals surface area contributed by atoms with Crippen LogP contribution in [0.2, 0.25) is 0 Å². The average molecular weight is 367 g/mol. The van der Waals surface area contributed by atoms with Crippen LogP contribution in [-0.4, -0.2) is 43.1 Å². The number of hydrogen-bond acceptors (Lipinski definition) is 4. The van der Waals surface area contributed by atoms with E-state index in [0.717, 1.165) is 45.0 Å². The Labute approximate surface area is 164 Å². The molecule has 1 saturated heterocycles. The van der Waals surface area contributed by atoms with E-state index in [4.69, 9.17) is 4.98 Å². The van der Waals surface area contributed by atoms with Gasteiger partial charge in [0.05, 0.1) is 0 Å². The first-order chi connectivity index (χ1) is 13.1. The molecule has 0 spiro atoms. The van der Waals surface area contributed by atoms with Crippen molar-refractivity contribution in [3.05, 3.63) is 59.3 Å². The Morgan fingerprint density at radius 1 is 0.963 bits per heavy atom. The first kappa shape index (κ1) is 19.8.